The molecule has 1 aromatic heterocycles. The van der Waals surface area contributed by atoms with Gasteiger partial charge in [0.15, 0.2) is 17.6 Å². The Morgan fingerprint density at radius 1 is 1.04 bits per heavy atom. The molecule has 0 amide bonds. The Hall–Kier alpha value is -2.85. The molecule has 0 aliphatic carbocycles. The molecule has 0 aliphatic rings. The number of hydrogen-bond acceptors (Lipinski definition) is 4. The summed E-state index contributed by atoms with van der Waals surface area (Å²) in [5.41, 5.74) is 1.70. The molecule has 0 saturated carbocycles. The van der Waals surface area contributed by atoms with E-state index in [0.717, 1.165) is 17.5 Å². The van der Waals surface area contributed by atoms with Crippen molar-refractivity contribution < 1.29 is 4.74 Å². The van der Waals surface area contributed by atoms with Crippen molar-refractivity contribution >= 4 is 0 Å². The minimum absolute atomic E-state index is 0.642. The van der Waals surface area contributed by atoms with Crippen molar-refractivity contribution in [3.8, 4) is 35.0 Å². The quantitative estimate of drug-likeness (QED) is 0.573. The van der Waals surface area contributed by atoms with Gasteiger partial charge in [-0.05, 0) is 30.7 Å². The van der Waals surface area contributed by atoms with Crippen LogP contribution in [0.1, 0.15) is 38.2 Å². The molecule has 4 nitrogen and oxygen atoms in total. The molecule has 0 radical (unpaired) electrons. The summed E-state index contributed by atoms with van der Waals surface area (Å²) in [6.07, 6.45) is 8.11. The second kappa shape index (κ2) is 9.23. The van der Waals surface area contributed by atoms with Crippen LogP contribution in [-0.2, 0) is 0 Å². The van der Waals surface area contributed by atoms with Crippen molar-refractivity contribution in [2.75, 3.05) is 6.61 Å². The highest BCUT2D eigenvalue weighted by Gasteiger charge is 2.02. The van der Waals surface area contributed by atoms with Gasteiger partial charge in [0.2, 0.25) is 0 Å². The van der Waals surface area contributed by atoms with Crippen LogP contribution in [0.25, 0.3) is 11.4 Å². The summed E-state index contributed by atoms with van der Waals surface area (Å²) in [5.74, 6) is 6.46. The van der Waals surface area contributed by atoms with Crippen LogP contribution < -0.4 is 4.74 Å². The van der Waals surface area contributed by atoms with Gasteiger partial charge < -0.3 is 4.74 Å². The van der Waals surface area contributed by atoms with Crippen molar-refractivity contribution in [2.45, 2.75) is 32.6 Å². The molecule has 116 valence electrons. The zero-order valence-corrected chi connectivity index (χ0v) is 13.2. The van der Waals surface area contributed by atoms with Crippen LogP contribution in [0.3, 0.4) is 0 Å². The SMILES string of the molecule is CCCCCCOc1cnc(-c2ccc(C#CC#N)cc2)nc1. The van der Waals surface area contributed by atoms with Crippen molar-refractivity contribution in [1.29, 1.82) is 5.26 Å². The van der Waals surface area contributed by atoms with Gasteiger partial charge in [-0.2, -0.15) is 5.26 Å². The predicted octanol–water partition coefficient (Wildman–Crippen LogP) is 3.98. The first-order valence-electron chi connectivity index (χ1n) is 7.79. The van der Waals surface area contributed by atoms with E-state index in [1.165, 1.54) is 19.3 Å². The number of nitriles is 1. The van der Waals surface area contributed by atoms with Gasteiger partial charge in [-0.1, -0.05) is 32.1 Å². The Morgan fingerprint density at radius 3 is 2.43 bits per heavy atom. The molecule has 4 heteroatoms. The van der Waals surface area contributed by atoms with Gasteiger partial charge in [0.1, 0.15) is 0 Å². The number of benzene rings is 1. The fourth-order valence-electron chi connectivity index (χ4n) is 2.06. The van der Waals surface area contributed by atoms with E-state index in [1.807, 2.05) is 24.3 Å². The lowest BCUT2D eigenvalue weighted by molar-refractivity contribution is 0.303. The van der Waals surface area contributed by atoms with E-state index in [4.69, 9.17) is 10.00 Å². The third kappa shape index (κ3) is 5.45. The summed E-state index contributed by atoms with van der Waals surface area (Å²) < 4.78 is 5.63. The minimum atomic E-state index is 0.642. The Balaban J connectivity index is 1.92. The highest BCUT2D eigenvalue weighted by Crippen LogP contribution is 2.17. The van der Waals surface area contributed by atoms with E-state index in [-0.39, 0.29) is 0 Å². The maximum Gasteiger partial charge on any atom is 0.159 e. The Morgan fingerprint density at radius 2 is 1.78 bits per heavy atom. The summed E-state index contributed by atoms with van der Waals surface area (Å²) >= 11 is 0. The standard InChI is InChI=1S/C19H19N3O/c1-2-3-4-5-13-23-18-14-21-19(22-15-18)17-10-8-16(9-11-17)7-6-12-20/h8-11,14-15H,2-5,13H2,1H3. The average molecular weight is 305 g/mol. The molecule has 0 fully saturated rings. The second-order valence-corrected chi connectivity index (χ2v) is 5.09. The molecule has 1 aromatic carbocycles. The monoisotopic (exact) mass is 305 g/mol. The molecule has 0 saturated heterocycles. The molecule has 0 bridgehead atoms. The van der Waals surface area contributed by atoms with Crippen LogP contribution in [0, 0.1) is 23.2 Å². The van der Waals surface area contributed by atoms with Gasteiger partial charge in [-0.3, -0.25) is 0 Å². The summed E-state index contributed by atoms with van der Waals surface area (Å²) in [4.78, 5) is 8.66. The van der Waals surface area contributed by atoms with E-state index in [1.54, 1.807) is 18.5 Å². The van der Waals surface area contributed by atoms with Gasteiger partial charge in [0.25, 0.3) is 0 Å². The van der Waals surface area contributed by atoms with Crippen LogP contribution in [0.2, 0.25) is 0 Å². The molecule has 0 aliphatic heterocycles. The number of ether oxygens (including phenoxy) is 1. The molecule has 1 heterocycles. The van der Waals surface area contributed by atoms with Crippen molar-refractivity contribution in [2.24, 2.45) is 0 Å². The first-order valence-corrected chi connectivity index (χ1v) is 7.79. The molecule has 23 heavy (non-hydrogen) atoms. The van der Waals surface area contributed by atoms with E-state index in [9.17, 15) is 0 Å². The topological polar surface area (TPSA) is 58.8 Å². The lowest BCUT2D eigenvalue weighted by Crippen LogP contribution is -1.99. The van der Waals surface area contributed by atoms with Crippen molar-refractivity contribution in [1.82, 2.24) is 9.97 Å². The fourth-order valence-corrected chi connectivity index (χ4v) is 2.06. The zero-order chi connectivity index (χ0) is 16.3. The number of hydrogen-bond donors (Lipinski definition) is 0. The second-order valence-electron chi connectivity index (χ2n) is 5.09. The average Bonchev–Trinajstić information content (AvgIpc) is 2.61. The molecular weight excluding hydrogens is 286 g/mol. The minimum Gasteiger partial charge on any atom is -0.490 e. The first-order chi connectivity index (χ1) is 11.3. The Labute approximate surface area is 137 Å². The van der Waals surface area contributed by atoms with Crippen molar-refractivity contribution in [3.63, 3.8) is 0 Å². The Kier molecular flexibility index (Phi) is 6.63. The lowest BCUT2D eigenvalue weighted by atomic mass is 10.1. The maximum atomic E-state index is 8.43. The summed E-state index contributed by atoms with van der Waals surface area (Å²) in [5, 5.41) is 8.43. The smallest absolute Gasteiger partial charge is 0.159 e. The van der Waals surface area contributed by atoms with E-state index in [0.29, 0.717) is 18.2 Å². The lowest BCUT2D eigenvalue weighted by Gasteiger charge is -2.06. The van der Waals surface area contributed by atoms with Crippen LogP contribution in [0.15, 0.2) is 36.7 Å². The number of aromatic nitrogens is 2. The number of unbranched alkanes of at least 4 members (excludes halogenated alkanes) is 3. The summed E-state index contributed by atoms with van der Waals surface area (Å²) in [6.45, 7) is 2.89. The third-order valence-corrected chi connectivity index (χ3v) is 3.30. The number of rotatable bonds is 7. The molecule has 0 atom stereocenters. The molecule has 0 unspecified atom stereocenters. The van der Waals surface area contributed by atoms with Crippen LogP contribution in [-0.4, -0.2) is 16.6 Å². The Bertz CT molecular complexity index is 704. The van der Waals surface area contributed by atoms with Gasteiger partial charge in [-0.25, -0.2) is 9.97 Å². The largest absolute Gasteiger partial charge is 0.490 e. The van der Waals surface area contributed by atoms with Gasteiger partial charge in [0, 0.05) is 17.0 Å². The van der Waals surface area contributed by atoms with Gasteiger partial charge >= 0.3 is 0 Å². The van der Waals surface area contributed by atoms with Crippen molar-refractivity contribution in [3.05, 3.63) is 42.2 Å². The molecule has 2 rings (SSSR count). The number of nitrogens with zero attached hydrogens (tertiary/aromatic N) is 3. The van der Waals surface area contributed by atoms with Crippen LogP contribution in [0.4, 0.5) is 0 Å². The fraction of sp³-hybridized carbons (Fsp3) is 0.316. The molecule has 0 N–H and O–H groups in total. The normalized spacial score (nSPS) is 9.57. The van der Waals surface area contributed by atoms with Crippen LogP contribution in [0.5, 0.6) is 5.75 Å². The molecule has 2 aromatic rings. The van der Waals surface area contributed by atoms with Crippen LogP contribution >= 0.6 is 0 Å². The highest BCUT2D eigenvalue weighted by molar-refractivity contribution is 5.57. The zero-order valence-electron chi connectivity index (χ0n) is 13.2. The van der Waals surface area contributed by atoms with E-state index in [2.05, 4.69) is 28.7 Å². The highest BCUT2D eigenvalue weighted by atomic mass is 16.5. The molecule has 0 spiro atoms. The van der Waals surface area contributed by atoms with Gasteiger partial charge in [-0.15, -0.1) is 0 Å². The summed E-state index contributed by atoms with van der Waals surface area (Å²) in [6, 6.07) is 9.28. The molecular formula is C19H19N3O. The van der Waals surface area contributed by atoms with E-state index < -0.39 is 0 Å². The van der Waals surface area contributed by atoms with E-state index >= 15 is 0 Å². The maximum absolute atomic E-state index is 8.43. The predicted molar refractivity (Wildman–Crippen MR) is 89.6 cm³/mol. The summed E-state index contributed by atoms with van der Waals surface area (Å²) in [7, 11) is 0. The first kappa shape index (κ1) is 16.5. The third-order valence-electron chi connectivity index (χ3n) is 3.30. The van der Waals surface area contributed by atoms with Gasteiger partial charge in [0.05, 0.1) is 19.0 Å².